The van der Waals surface area contributed by atoms with Crippen molar-refractivity contribution < 1.29 is 23.8 Å². The Labute approximate surface area is 169 Å². The van der Waals surface area contributed by atoms with Crippen LogP contribution in [0.15, 0.2) is 42.5 Å². The van der Waals surface area contributed by atoms with Gasteiger partial charge in [0, 0.05) is 31.3 Å². The van der Waals surface area contributed by atoms with Crippen molar-refractivity contribution >= 4 is 17.5 Å². The molecule has 4 rings (SSSR count). The zero-order chi connectivity index (χ0) is 20.2. The van der Waals surface area contributed by atoms with Crippen molar-refractivity contribution in [2.45, 2.75) is 12.8 Å². The van der Waals surface area contributed by atoms with Crippen LogP contribution >= 0.6 is 0 Å². The Hall–Kier alpha value is -3.22. The Kier molecular flexibility index (Phi) is 5.55. The Balaban J connectivity index is 1.31. The van der Waals surface area contributed by atoms with Crippen molar-refractivity contribution in [3.8, 4) is 17.2 Å². The number of hydrogen-bond donors (Lipinski definition) is 1. The molecule has 0 aliphatic carbocycles. The Morgan fingerprint density at radius 2 is 1.90 bits per heavy atom. The second kappa shape index (κ2) is 8.43. The smallest absolute Gasteiger partial charge is 0.227 e. The molecule has 0 unspecified atom stereocenters. The first kappa shape index (κ1) is 19.1. The second-order valence-corrected chi connectivity index (χ2v) is 7.12. The fourth-order valence-corrected chi connectivity index (χ4v) is 3.60. The third-order valence-electron chi connectivity index (χ3n) is 5.21. The van der Waals surface area contributed by atoms with Crippen LogP contribution in [0.3, 0.4) is 0 Å². The number of amides is 2. The van der Waals surface area contributed by atoms with Crippen molar-refractivity contribution in [3.63, 3.8) is 0 Å². The Morgan fingerprint density at radius 1 is 1.14 bits per heavy atom. The molecule has 1 atom stereocenters. The molecule has 2 aromatic carbocycles. The number of nitrogens with one attached hydrogen (secondary N) is 1. The third kappa shape index (κ3) is 4.29. The number of ether oxygens (including phenoxy) is 3. The number of anilines is 1. The van der Waals surface area contributed by atoms with Gasteiger partial charge in [-0.25, -0.2) is 0 Å². The van der Waals surface area contributed by atoms with Gasteiger partial charge in [-0.15, -0.1) is 0 Å². The highest BCUT2D eigenvalue weighted by molar-refractivity contribution is 6.00. The predicted octanol–water partition coefficient (Wildman–Crippen LogP) is 2.18. The summed E-state index contributed by atoms with van der Waals surface area (Å²) in [5.74, 6) is 1.62. The summed E-state index contributed by atoms with van der Waals surface area (Å²) in [6, 6.07) is 13.2. The fraction of sp³-hybridized carbons (Fsp3) is 0.364. The number of carbonyl (C=O) groups excluding carboxylic acids is 2. The van der Waals surface area contributed by atoms with E-state index in [1.807, 2.05) is 30.3 Å². The monoisotopic (exact) mass is 396 g/mol. The van der Waals surface area contributed by atoms with Gasteiger partial charge in [0.05, 0.1) is 13.0 Å². The molecule has 1 N–H and O–H groups in total. The van der Waals surface area contributed by atoms with Gasteiger partial charge in [0.15, 0.2) is 11.5 Å². The maximum atomic E-state index is 12.5. The Morgan fingerprint density at radius 3 is 2.66 bits per heavy atom. The lowest BCUT2D eigenvalue weighted by Crippen LogP contribution is -2.34. The van der Waals surface area contributed by atoms with E-state index in [9.17, 15) is 9.59 Å². The van der Waals surface area contributed by atoms with Crippen molar-refractivity contribution in [2.24, 2.45) is 5.92 Å². The first-order chi connectivity index (χ1) is 14.1. The molecule has 2 heterocycles. The van der Waals surface area contributed by atoms with Crippen LogP contribution in [0.5, 0.6) is 17.2 Å². The largest absolute Gasteiger partial charge is 0.497 e. The molecule has 2 aliphatic rings. The highest BCUT2D eigenvalue weighted by Crippen LogP contribution is 2.35. The van der Waals surface area contributed by atoms with Gasteiger partial charge in [-0.05, 0) is 36.2 Å². The van der Waals surface area contributed by atoms with E-state index < -0.39 is 0 Å². The molecule has 7 nitrogen and oxygen atoms in total. The predicted molar refractivity (Wildman–Crippen MR) is 108 cm³/mol. The minimum absolute atomic E-state index is 0.0583. The zero-order valence-electron chi connectivity index (χ0n) is 16.3. The maximum Gasteiger partial charge on any atom is 0.227 e. The molecule has 29 heavy (non-hydrogen) atoms. The van der Waals surface area contributed by atoms with E-state index in [1.54, 1.807) is 24.1 Å². The van der Waals surface area contributed by atoms with Gasteiger partial charge >= 0.3 is 0 Å². The first-order valence-corrected chi connectivity index (χ1v) is 9.74. The number of nitrogens with zero attached hydrogens (tertiary/aromatic N) is 1. The minimum Gasteiger partial charge on any atom is -0.497 e. The maximum absolute atomic E-state index is 12.5. The first-order valence-electron chi connectivity index (χ1n) is 9.74. The van der Waals surface area contributed by atoms with Crippen LogP contribution < -0.4 is 24.4 Å². The van der Waals surface area contributed by atoms with E-state index in [4.69, 9.17) is 14.2 Å². The van der Waals surface area contributed by atoms with Gasteiger partial charge in [0.1, 0.15) is 19.0 Å². The quantitative estimate of drug-likeness (QED) is 0.810. The lowest BCUT2D eigenvalue weighted by atomic mass is 10.1. The molecule has 0 aromatic heterocycles. The molecule has 1 saturated heterocycles. The molecule has 0 spiro atoms. The summed E-state index contributed by atoms with van der Waals surface area (Å²) in [4.78, 5) is 26.7. The van der Waals surface area contributed by atoms with E-state index in [0.717, 1.165) is 23.4 Å². The van der Waals surface area contributed by atoms with E-state index in [0.29, 0.717) is 37.8 Å². The molecule has 7 heteroatoms. The van der Waals surface area contributed by atoms with E-state index in [2.05, 4.69) is 5.32 Å². The summed E-state index contributed by atoms with van der Waals surface area (Å²) in [6.07, 6.45) is 0.936. The third-order valence-corrected chi connectivity index (χ3v) is 5.21. The summed E-state index contributed by atoms with van der Waals surface area (Å²) in [5, 5.41) is 2.95. The molecule has 0 radical (unpaired) electrons. The summed E-state index contributed by atoms with van der Waals surface area (Å²) < 4.78 is 16.3. The average molecular weight is 396 g/mol. The number of methoxy groups -OCH3 is 1. The lowest BCUT2D eigenvalue weighted by molar-refractivity contribution is -0.126. The molecule has 1 fully saturated rings. The topological polar surface area (TPSA) is 77.1 Å². The van der Waals surface area contributed by atoms with Crippen molar-refractivity contribution in [3.05, 3.63) is 48.0 Å². The lowest BCUT2D eigenvalue weighted by Gasteiger charge is -2.22. The van der Waals surface area contributed by atoms with Crippen LogP contribution in [-0.2, 0) is 16.0 Å². The summed E-state index contributed by atoms with van der Waals surface area (Å²) >= 11 is 0. The molecule has 152 valence electrons. The number of fused-ring (bicyclic) bond motifs is 1. The van der Waals surface area contributed by atoms with Crippen LogP contribution in [0.25, 0.3) is 0 Å². The highest BCUT2D eigenvalue weighted by Gasteiger charge is 2.35. The van der Waals surface area contributed by atoms with E-state index in [-0.39, 0.29) is 24.2 Å². The van der Waals surface area contributed by atoms with Gasteiger partial charge in [-0.3, -0.25) is 9.59 Å². The second-order valence-electron chi connectivity index (χ2n) is 7.12. The molecular weight excluding hydrogens is 372 g/mol. The van der Waals surface area contributed by atoms with Crippen LogP contribution in [0, 0.1) is 5.92 Å². The highest BCUT2D eigenvalue weighted by atomic mass is 16.6. The number of carbonyl (C=O) groups is 2. The summed E-state index contributed by atoms with van der Waals surface area (Å²) in [7, 11) is 1.63. The van der Waals surface area contributed by atoms with E-state index in [1.165, 1.54) is 0 Å². The van der Waals surface area contributed by atoms with Crippen LogP contribution in [0.1, 0.15) is 12.0 Å². The van der Waals surface area contributed by atoms with Gasteiger partial charge < -0.3 is 24.4 Å². The van der Waals surface area contributed by atoms with Crippen molar-refractivity contribution in [1.29, 1.82) is 0 Å². The number of benzene rings is 2. The molecule has 2 amide bonds. The molecule has 2 aliphatic heterocycles. The van der Waals surface area contributed by atoms with Gasteiger partial charge in [-0.1, -0.05) is 12.1 Å². The van der Waals surface area contributed by atoms with Gasteiger partial charge in [-0.2, -0.15) is 0 Å². The standard InChI is InChI=1S/C22H24N2O5/c1-27-18-5-2-15(3-6-18)8-9-23-22(26)16-12-21(25)24(14-16)17-4-7-19-20(13-17)29-11-10-28-19/h2-7,13,16H,8-12,14H2,1H3,(H,23,26)/t16-/m0/s1. The SMILES string of the molecule is COc1ccc(CCNC(=O)[C@H]2CC(=O)N(c3ccc4c(c3)OCCO4)C2)cc1. The average Bonchev–Trinajstić information content (AvgIpc) is 3.15. The number of rotatable bonds is 6. The van der Waals surface area contributed by atoms with Crippen LogP contribution in [0.4, 0.5) is 5.69 Å². The molecule has 0 saturated carbocycles. The van der Waals surface area contributed by atoms with Crippen LogP contribution in [0.2, 0.25) is 0 Å². The van der Waals surface area contributed by atoms with Crippen LogP contribution in [-0.4, -0.2) is 45.2 Å². The minimum atomic E-state index is -0.355. The van der Waals surface area contributed by atoms with Crippen molar-refractivity contribution in [2.75, 3.05) is 38.3 Å². The fourth-order valence-electron chi connectivity index (χ4n) is 3.60. The normalized spacial score (nSPS) is 17.9. The van der Waals surface area contributed by atoms with Gasteiger partial charge in [0.25, 0.3) is 0 Å². The Bertz CT molecular complexity index is 897. The molecular formula is C22H24N2O5. The molecule has 2 aromatic rings. The summed E-state index contributed by atoms with van der Waals surface area (Å²) in [6.45, 7) is 1.91. The van der Waals surface area contributed by atoms with Crippen molar-refractivity contribution in [1.82, 2.24) is 5.32 Å². The van der Waals surface area contributed by atoms with E-state index >= 15 is 0 Å². The molecule has 0 bridgehead atoms. The van der Waals surface area contributed by atoms with Gasteiger partial charge in [0.2, 0.25) is 11.8 Å². The zero-order valence-corrected chi connectivity index (χ0v) is 16.3. The number of hydrogen-bond acceptors (Lipinski definition) is 5. The summed E-state index contributed by atoms with van der Waals surface area (Å²) in [5.41, 5.74) is 1.85.